The van der Waals surface area contributed by atoms with Gasteiger partial charge in [-0.3, -0.25) is 20.2 Å². The molecule has 33 heavy (non-hydrogen) atoms. The lowest BCUT2D eigenvalue weighted by Gasteiger charge is -2.20. The zero-order valence-corrected chi connectivity index (χ0v) is 18.1. The molecule has 0 atom stereocenters. The molecule has 0 unspecified atom stereocenters. The zero-order chi connectivity index (χ0) is 23.9. The second kappa shape index (κ2) is 8.45. The average Bonchev–Trinajstić information content (AvgIpc) is 3.13. The van der Waals surface area contributed by atoms with E-state index in [1.165, 1.54) is 35.1 Å². The first kappa shape index (κ1) is 22.7. The molecular formula is C21H17F4N7S. The molecule has 0 saturated heterocycles. The minimum absolute atomic E-state index is 0.0645. The second-order valence-corrected chi connectivity index (χ2v) is 8.14. The van der Waals surface area contributed by atoms with Crippen LogP contribution in [-0.4, -0.2) is 32.4 Å². The monoisotopic (exact) mass is 475 g/mol. The standard InChI is InChI=1S/C21H17F4N7S/c1-28-33-18-5-3-11(8-15(18)23)16-4-6-19(26)32(30-16)20(27)21(24,25)13-7-12-10-31(2)29-17(12)9-14(13)22/h3-10,26-28H,1-2H3. The number of hydrogen-bond donors (Lipinski definition) is 3. The van der Waals surface area contributed by atoms with Gasteiger partial charge >= 0.3 is 5.92 Å². The summed E-state index contributed by atoms with van der Waals surface area (Å²) in [7, 11) is 3.21. The van der Waals surface area contributed by atoms with Crippen molar-refractivity contribution in [3.8, 4) is 11.3 Å². The lowest BCUT2D eigenvalue weighted by atomic mass is 10.0. The highest BCUT2D eigenvalue weighted by atomic mass is 32.2. The van der Waals surface area contributed by atoms with Crippen molar-refractivity contribution >= 4 is 28.7 Å². The molecule has 0 aliphatic carbocycles. The van der Waals surface area contributed by atoms with Gasteiger partial charge in [-0.1, -0.05) is 6.07 Å². The van der Waals surface area contributed by atoms with E-state index >= 15 is 8.78 Å². The Morgan fingerprint density at radius 3 is 2.52 bits per heavy atom. The van der Waals surface area contributed by atoms with E-state index in [0.29, 0.717) is 9.58 Å². The Morgan fingerprint density at radius 1 is 1.06 bits per heavy atom. The van der Waals surface area contributed by atoms with Crippen LogP contribution in [0.1, 0.15) is 5.56 Å². The van der Waals surface area contributed by atoms with Crippen molar-refractivity contribution in [2.24, 2.45) is 7.05 Å². The number of nitrogens with one attached hydrogen (secondary N) is 3. The molecule has 12 heteroatoms. The van der Waals surface area contributed by atoms with Crippen molar-refractivity contribution in [2.45, 2.75) is 10.8 Å². The summed E-state index contributed by atoms with van der Waals surface area (Å²) in [4.78, 5) is 0.326. The molecule has 2 aromatic heterocycles. The molecule has 4 aromatic rings. The fraction of sp³-hybridized carbons (Fsp3) is 0.143. The van der Waals surface area contributed by atoms with Crippen LogP contribution in [0.2, 0.25) is 0 Å². The summed E-state index contributed by atoms with van der Waals surface area (Å²) in [5.74, 6) is -7.32. The Bertz CT molecular complexity index is 1440. The van der Waals surface area contributed by atoms with Crippen molar-refractivity contribution < 1.29 is 17.6 Å². The SMILES string of the molecule is CNSc1ccc(-c2ccc(=N)n(C(=N)C(F)(F)c3cc4cn(C)nc4cc3F)n2)cc1F. The number of alkyl halides is 2. The summed E-state index contributed by atoms with van der Waals surface area (Å²) < 4.78 is 63.8. The highest BCUT2D eigenvalue weighted by molar-refractivity contribution is 7.97. The molecule has 170 valence electrons. The highest BCUT2D eigenvalue weighted by Crippen LogP contribution is 2.34. The van der Waals surface area contributed by atoms with Gasteiger partial charge in [0.2, 0.25) is 0 Å². The Labute approximate surface area is 189 Å². The summed E-state index contributed by atoms with van der Waals surface area (Å²) >= 11 is 1.07. The molecule has 2 heterocycles. The van der Waals surface area contributed by atoms with Crippen LogP contribution >= 0.6 is 11.9 Å². The number of aromatic nitrogens is 4. The molecular weight excluding hydrogens is 458 g/mol. The smallest absolute Gasteiger partial charge is 0.283 e. The Morgan fingerprint density at radius 2 is 1.82 bits per heavy atom. The quantitative estimate of drug-likeness (QED) is 0.176. The molecule has 3 N–H and O–H groups in total. The number of fused-ring (bicyclic) bond motifs is 1. The zero-order valence-electron chi connectivity index (χ0n) is 17.3. The van der Waals surface area contributed by atoms with E-state index in [-0.39, 0.29) is 22.2 Å². The number of benzene rings is 2. The summed E-state index contributed by atoms with van der Waals surface area (Å²) in [6.07, 6.45) is 1.45. The predicted molar refractivity (Wildman–Crippen MR) is 116 cm³/mol. The van der Waals surface area contributed by atoms with E-state index in [4.69, 9.17) is 10.8 Å². The number of nitrogens with zero attached hydrogens (tertiary/aromatic N) is 4. The molecule has 0 bridgehead atoms. The first-order valence-electron chi connectivity index (χ1n) is 9.51. The van der Waals surface area contributed by atoms with Gasteiger partial charge in [-0.25, -0.2) is 8.78 Å². The normalized spacial score (nSPS) is 11.8. The third kappa shape index (κ3) is 4.14. The molecule has 0 aliphatic rings. The third-order valence-electron chi connectivity index (χ3n) is 4.83. The largest absolute Gasteiger partial charge is 0.334 e. The van der Waals surface area contributed by atoms with Gasteiger partial charge in [0.1, 0.15) is 17.1 Å². The van der Waals surface area contributed by atoms with Crippen molar-refractivity contribution in [1.29, 1.82) is 10.8 Å². The van der Waals surface area contributed by atoms with Crippen LogP contribution in [0.3, 0.4) is 0 Å². The van der Waals surface area contributed by atoms with Crippen LogP contribution in [0.25, 0.3) is 22.2 Å². The van der Waals surface area contributed by atoms with Crippen molar-refractivity contribution in [1.82, 2.24) is 24.3 Å². The van der Waals surface area contributed by atoms with Gasteiger partial charge in [-0.15, -0.1) is 0 Å². The number of aryl methyl sites for hydroxylation is 1. The maximum absolute atomic E-state index is 15.2. The van der Waals surface area contributed by atoms with E-state index in [1.54, 1.807) is 14.1 Å². The van der Waals surface area contributed by atoms with Crippen molar-refractivity contribution in [3.05, 3.63) is 71.3 Å². The molecule has 0 fully saturated rings. The number of halogens is 4. The Balaban J connectivity index is 1.76. The van der Waals surface area contributed by atoms with Gasteiger partial charge in [0.15, 0.2) is 5.84 Å². The first-order valence-corrected chi connectivity index (χ1v) is 10.3. The summed E-state index contributed by atoms with van der Waals surface area (Å²) in [5.41, 5.74) is -1.03. The summed E-state index contributed by atoms with van der Waals surface area (Å²) in [5, 5.41) is 24.2. The second-order valence-electron chi connectivity index (χ2n) is 7.08. The van der Waals surface area contributed by atoms with E-state index in [0.717, 1.165) is 30.1 Å². The van der Waals surface area contributed by atoms with E-state index in [2.05, 4.69) is 14.9 Å². The van der Waals surface area contributed by atoms with Crippen LogP contribution in [0.15, 0.2) is 53.6 Å². The van der Waals surface area contributed by atoms with Crippen LogP contribution in [-0.2, 0) is 13.0 Å². The summed E-state index contributed by atoms with van der Waals surface area (Å²) in [6, 6.07) is 8.51. The lowest BCUT2D eigenvalue weighted by Crippen LogP contribution is -2.40. The van der Waals surface area contributed by atoms with Crippen LogP contribution in [0.4, 0.5) is 17.6 Å². The van der Waals surface area contributed by atoms with E-state index < -0.39 is 34.4 Å². The fourth-order valence-electron chi connectivity index (χ4n) is 3.27. The fourth-order valence-corrected chi connectivity index (χ4v) is 3.78. The maximum Gasteiger partial charge on any atom is 0.334 e. The van der Waals surface area contributed by atoms with Crippen molar-refractivity contribution in [2.75, 3.05) is 7.05 Å². The molecule has 4 rings (SSSR count). The molecule has 0 aliphatic heterocycles. The maximum atomic E-state index is 15.2. The molecule has 0 saturated carbocycles. The van der Waals surface area contributed by atoms with E-state index in [9.17, 15) is 8.78 Å². The third-order valence-corrected chi connectivity index (χ3v) is 5.59. The minimum Gasteiger partial charge on any atom is -0.283 e. The number of hydrogen-bond acceptors (Lipinski definition) is 6. The van der Waals surface area contributed by atoms with Gasteiger partial charge in [0.05, 0.1) is 21.7 Å². The van der Waals surface area contributed by atoms with Gasteiger partial charge < -0.3 is 0 Å². The first-order chi connectivity index (χ1) is 15.6. The van der Waals surface area contributed by atoms with Gasteiger partial charge in [-0.05, 0) is 49.3 Å². The van der Waals surface area contributed by atoms with Crippen LogP contribution in [0, 0.1) is 22.5 Å². The molecule has 7 nitrogen and oxygen atoms in total. The Kier molecular flexibility index (Phi) is 5.80. The predicted octanol–water partition coefficient (Wildman–Crippen LogP) is 4.04. The topological polar surface area (TPSA) is 95.4 Å². The number of rotatable bonds is 5. The molecule has 0 spiro atoms. The summed E-state index contributed by atoms with van der Waals surface area (Å²) in [6.45, 7) is 0. The van der Waals surface area contributed by atoms with Gasteiger partial charge in [-0.2, -0.15) is 23.7 Å². The Hall–Kier alpha value is -3.51. The van der Waals surface area contributed by atoms with Gasteiger partial charge in [0.25, 0.3) is 0 Å². The van der Waals surface area contributed by atoms with Gasteiger partial charge in [0, 0.05) is 30.3 Å². The van der Waals surface area contributed by atoms with Crippen molar-refractivity contribution in [3.63, 3.8) is 0 Å². The average molecular weight is 475 g/mol. The molecule has 0 radical (unpaired) electrons. The van der Waals surface area contributed by atoms with Crippen LogP contribution < -0.4 is 10.2 Å². The molecule has 0 amide bonds. The highest BCUT2D eigenvalue weighted by Gasteiger charge is 2.42. The lowest BCUT2D eigenvalue weighted by molar-refractivity contribution is 0.0656. The minimum atomic E-state index is -4.11. The van der Waals surface area contributed by atoms with Crippen LogP contribution in [0.5, 0.6) is 0 Å². The molecule has 2 aromatic carbocycles. The van der Waals surface area contributed by atoms with E-state index in [1.807, 2.05) is 0 Å².